The predicted octanol–water partition coefficient (Wildman–Crippen LogP) is 4.60. The minimum atomic E-state index is -1.01. The molecule has 0 bridgehead atoms. The van der Waals surface area contributed by atoms with Crippen molar-refractivity contribution in [3.63, 3.8) is 0 Å². The van der Waals surface area contributed by atoms with Gasteiger partial charge in [0, 0.05) is 45.9 Å². The fraction of sp³-hybridized carbons (Fsp3) is 0.297. The van der Waals surface area contributed by atoms with Crippen LogP contribution in [-0.2, 0) is 22.4 Å². The molecule has 6 rings (SSSR count). The van der Waals surface area contributed by atoms with E-state index in [9.17, 15) is 24.3 Å². The number of fused-ring (bicyclic) bond motifs is 2. The summed E-state index contributed by atoms with van der Waals surface area (Å²) >= 11 is 0. The number of nitrogens with zero attached hydrogens (tertiary/aromatic N) is 4. The summed E-state index contributed by atoms with van der Waals surface area (Å²) in [6, 6.07) is 26.1. The number of aromatic nitrogens is 2. The van der Waals surface area contributed by atoms with Gasteiger partial charge < -0.3 is 30.1 Å². The van der Waals surface area contributed by atoms with Gasteiger partial charge in [0.05, 0.1) is 0 Å². The first-order chi connectivity index (χ1) is 23.7. The summed E-state index contributed by atoms with van der Waals surface area (Å²) < 4.78 is 5.58. The third-order valence-electron chi connectivity index (χ3n) is 9.22. The Kier molecular flexibility index (Phi) is 9.84. The number of carboxylic acid groups (broad SMARTS) is 1. The van der Waals surface area contributed by atoms with Crippen molar-refractivity contribution in [1.82, 2.24) is 30.6 Å². The van der Waals surface area contributed by atoms with Crippen LogP contribution in [-0.4, -0.2) is 82.1 Å². The van der Waals surface area contributed by atoms with Crippen LogP contribution in [0.1, 0.15) is 46.5 Å². The van der Waals surface area contributed by atoms with Crippen LogP contribution in [0.3, 0.4) is 0 Å². The van der Waals surface area contributed by atoms with Gasteiger partial charge in [-0.3, -0.25) is 14.4 Å². The summed E-state index contributed by atoms with van der Waals surface area (Å²) in [5.41, 5.74) is 1.76. The molecule has 2 atom stereocenters. The Labute approximate surface area is 283 Å². The minimum Gasteiger partial charge on any atom is -0.465 e. The van der Waals surface area contributed by atoms with Crippen molar-refractivity contribution in [2.24, 2.45) is 5.92 Å². The minimum absolute atomic E-state index is 0.0828. The Balaban J connectivity index is 1.31. The molecule has 1 aliphatic heterocycles. The van der Waals surface area contributed by atoms with E-state index >= 15 is 0 Å². The fourth-order valence-electron chi connectivity index (χ4n) is 6.38. The maximum atomic E-state index is 14.5. The second kappa shape index (κ2) is 14.5. The summed E-state index contributed by atoms with van der Waals surface area (Å²) in [4.78, 5) is 59.1. The van der Waals surface area contributed by atoms with Crippen molar-refractivity contribution in [1.29, 1.82) is 0 Å². The molecule has 49 heavy (non-hydrogen) atoms. The van der Waals surface area contributed by atoms with E-state index in [1.807, 2.05) is 84.9 Å². The molecule has 2 heterocycles. The zero-order valence-electron chi connectivity index (χ0n) is 27.3. The summed E-state index contributed by atoms with van der Waals surface area (Å²) in [5, 5.41) is 22.9. The Morgan fingerprint density at radius 2 is 1.45 bits per heavy atom. The van der Waals surface area contributed by atoms with Crippen LogP contribution < -0.4 is 10.6 Å². The van der Waals surface area contributed by atoms with Crippen molar-refractivity contribution in [2.75, 3.05) is 27.2 Å². The Morgan fingerprint density at radius 1 is 0.878 bits per heavy atom. The van der Waals surface area contributed by atoms with Crippen LogP contribution in [0, 0.1) is 5.92 Å². The van der Waals surface area contributed by atoms with Gasteiger partial charge >= 0.3 is 6.09 Å². The molecule has 252 valence electrons. The molecule has 4 amide bonds. The maximum absolute atomic E-state index is 14.5. The third-order valence-corrected chi connectivity index (χ3v) is 9.22. The van der Waals surface area contributed by atoms with Gasteiger partial charge in [0.25, 0.3) is 11.7 Å². The second-order valence-corrected chi connectivity index (χ2v) is 12.4. The van der Waals surface area contributed by atoms with Gasteiger partial charge in [0.1, 0.15) is 12.1 Å². The van der Waals surface area contributed by atoms with E-state index in [1.165, 1.54) is 16.8 Å². The number of hydrogen-bond acceptors (Lipinski definition) is 7. The molecule has 12 heteroatoms. The molecular weight excluding hydrogens is 624 g/mol. The van der Waals surface area contributed by atoms with Crippen molar-refractivity contribution in [2.45, 2.75) is 37.8 Å². The normalized spacial score (nSPS) is 14.7. The van der Waals surface area contributed by atoms with Crippen molar-refractivity contribution in [3.05, 3.63) is 108 Å². The highest BCUT2D eigenvalue weighted by atomic mass is 16.5. The highest BCUT2D eigenvalue weighted by molar-refractivity contribution is 5.91. The highest BCUT2D eigenvalue weighted by Gasteiger charge is 2.35. The van der Waals surface area contributed by atoms with E-state index < -0.39 is 30.0 Å². The maximum Gasteiger partial charge on any atom is 0.407 e. The van der Waals surface area contributed by atoms with Crippen LogP contribution in [0.2, 0.25) is 0 Å². The van der Waals surface area contributed by atoms with Gasteiger partial charge in [-0.05, 0) is 45.5 Å². The Hall–Kier alpha value is -5.78. The average Bonchev–Trinajstić information content (AvgIpc) is 3.62. The zero-order valence-corrected chi connectivity index (χ0v) is 27.3. The molecule has 12 nitrogen and oxygen atoms in total. The van der Waals surface area contributed by atoms with Gasteiger partial charge in [-0.15, -0.1) is 0 Å². The first-order valence-corrected chi connectivity index (χ1v) is 16.3. The van der Waals surface area contributed by atoms with Crippen molar-refractivity contribution >= 4 is 45.4 Å². The van der Waals surface area contributed by atoms with Crippen LogP contribution in [0.15, 0.2) is 89.5 Å². The molecule has 5 aromatic rings. The van der Waals surface area contributed by atoms with Gasteiger partial charge in [0.15, 0.2) is 0 Å². The van der Waals surface area contributed by atoms with E-state index in [1.54, 1.807) is 7.05 Å². The fourth-order valence-corrected chi connectivity index (χ4v) is 6.38. The molecule has 1 fully saturated rings. The largest absolute Gasteiger partial charge is 0.465 e. The van der Waals surface area contributed by atoms with E-state index in [4.69, 9.17) is 4.52 Å². The molecule has 1 aliphatic rings. The Bertz CT molecular complexity index is 2000. The second-order valence-electron chi connectivity index (χ2n) is 12.4. The predicted molar refractivity (Wildman–Crippen MR) is 183 cm³/mol. The van der Waals surface area contributed by atoms with Crippen LogP contribution >= 0.6 is 0 Å². The molecule has 3 N–H and O–H groups in total. The lowest BCUT2D eigenvalue weighted by Gasteiger charge is -2.32. The molecule has 0 aliphatic carbocycles. The molecule has 2 unspecified atom stereocenters. The van der Waals surface area contributed by atoms with Crippen LogP contribution in [0.4, 0.5) is 4.79 Å². The van der Waals surface area contributed by atoms with Crippen LogP contribution in [0.25, 0.3) is 21.5 Å². The summed E-state index contributed by atoms with van der Waals surface area (Å²) in [7, 11) is 3.09. The SMILES string of the molecule is CNC(=O)c1noc(C(Cc2ccc3ccccc3c2)N(C)C(=O)C(Cc2ccc3ccccc3c2)NC(=O)C2CCN(C(=O)O)CC2)n1. The number of carbonyl (C=O) groups is 4. The van der Waals surface area contributed by atoms with Gasteiger partial charge in [-0.25, -0.2) is 4.79 Å². The van der Waals surface area contributed by atoms with Crippen LogP contribution in [0.5, 0.6) is 0 Å². The van der Waals surface area contributed by atoms with Gasteiger partial charge in [-0.1, -0.05) is 90.1 Å². The van der Waals surface area contributed by atoms with Crippen molar-refractivity contribution < 1.29 is 28.8 Å². The number of carbonyl (C=O) groups excluding carboxylic acids is 3. The first-order valence-electron chi connectivity index (χ1n) is 16.3. The first kappa shape index (κ1) is 33.1. The lowest BCUT2D eigenvalue weighted by atomic mass is 9.94. The quantitative estimate of drug-likeness (QED) is 0.196. The summed E-state index contributed by atoms with van der Waals surface area (Å²) in [5.74, 6) is -1.72. The monoisotopic (exact) mass is 662 g/mol. The molecule has 0 radical (unpaired) electrons. The lowest BCUT2D eigenvalue weighted by Crippen LogP contribution is -2.52. The van der Waals surface area contributed by atoms with Crippen molar-refractivity contribution in [3.8, 4) is 0 Å². The standard InChI is InChI=1S/C37H38N6O6/c1-38-34(45)32-40-35(49-41-32)31(22-24-12-14-26-8-4-6-10-29(26)20-24)42(2)36(46)30(21-23-11-13-25-7-3-5-9-28(25)19-23)39-33(44)27-15-17-43(18-16-27)37(47)48/h3-14,19-20,27,30-31H,15-18,21-22H2,1-2H3,(H,38,45)(H,39,44)(H,47,48). The molecule has 0 saturated carbocycles. The van der Waals surface area contributed by atoms with E-state index in [2.05, 4.69) is 20.8 Å². The van der Waals surface area contributed by atoms with E-state index in [-0.39, 0.29) is 43.0 Å². The number of benzene rings is 4. The molecule has 1 aromatic heterocycles. The number of hydrogen-bond donors (Lipinski definition) is 3. The van der Waals surface area contributed by atoms with Gasteiger partial charge in [0.2, 0.25) is 17.7 Å². The van der Waals surface area contributed by atoms with Gasteiger partial charge in [-0.2, -0.15) is 4.98 Å². The molecular formula is C37H38N6O6. The number of amides is 4. The zero-order chi connectivity index (χ0) is 34.5. The number of nitrogens with one attached hydrogen (secondary N) is 2. The number of likely N-dealkylation sites (N-methyl/N-ethyl adjacent to an activating group) is 1. The number of piperidine rings is 1. The van der Waals surface area contributed by atoms with E-state index in [0.29, 0.717) is 19.3 Å². The topological polar surface area (TPSA) is 158 Å². The highest BCUT2D eigenvalue weighted by Crippen LogP contribution is 2.27. The Morgan fingerprint density at radius 3 is 2.02 bits per heavy atom. The lowest BCUT2D eigenvalue weighted by molar-refractivity contribution is -0.139. The third kappa shape index (κ3) is 7.53. The van der Waals surface area contributed by atoms with E-state index in [0.717, 1.165) is 32.7 Å². The number of likely N-dealkylation sites (tertiary alicyclic amines) is 1. The smallest absolute Gasteiger partial charge is 0.407 e. The molecule has 0 spiro atoms. The average molecular weight is 663 g/mol. The summed E-state index contributed by atoms with van der Waals surface area (Å²) in [6.45, 7) is 0.491. The number of rotatable bonds is 10. The molecule has 1 saturated heterocycles. The molecule has 4 aromatic carbocycles. The summed E-state index contributed by atoms with van der Waals surface area (Å²) in [6.07, 6.45) is 0.221.